The van der Waals surface area contributed by atoms with Crippen molar-refractivity contribution in [3.05, 3.63) is 77.0 Å². The Labute approximate surface area is 264 Å². The third kappa shape index (κ3) is 14.8. The van der Waals surface area contributed by atoms with Crippen LogP contribution in [0, 0.1) is 5.82 Å². The Morgan fingerprint density at radius 2 is 1.62 bits per heavy atom. The Balaban J connectivity index is 0.00000760. The predicted octanol–water partition coefficient (Wildman–Crippen LogP) is 4.89. The number of rotatable bonds is 18. The minimum atomic E-state index is -3.20. The molecular weight excluding hydrogens is 750 g/mol. The summed E-state index contributed by atoms with van der Waals surface area (Å²) in [7, 11) is 0. The van der Waals surface area contributed by atoms with Gasteiger partial charge in [0, 0.05) is 37.3 Å². The molecule has 0 bridgehead atoms. The van der Waals surface area contributed by atoms with E-state index in [0.717, 1.165) is 42.9 Å². The molecule has 225 valence electrons. The van der Waals surface area contributed by atoms with E-state index >= 15 is 0 Å². The van der Waals surface area contributed by atoms with E-state index in [0.29, 0.717) is 48.7 Å². The molecule has 1 radical (unpaired) electrons. The van der Waals surface area contributed by atoms with Crippen molar-refractivity contribution >= 4 is 48.6 Å². The van der Waals surface area contributed by atoms with Gasteiger partial charge in [-0.05, 0) is 99.0 Å². The summed E-state index contributed by atoms with van der Waals surface area (Å²) in [5.41, 5.74) is 6.55. The van der Waals surface area contributed by atoms with Gasteiger partial charge in [-0.2, -0.15) is 26.8 Å². The van der Waals surface area contributed by atoms with E-state index in [9.17, 15) is 13.2 Å². The number of allylic oxidation sites excluding steroid dienone is 2. The number of hydrogen-bond donors (Lipinski definition) is 2. The van der Waals surface area contributed by atoms with Gasteiger partial charge in [-0.15, -0.1) is 6.54 Å². The summed E-state index contributed by atoms with van der Waals surface area (Å²) in [5, 5.41) is 9.92. The molecule has 0 aliphatic rings. The number of nitrogens with two attached hydrogens (primary N) is 2. The van der Waals surface area contributed by atoms with Gasteiger partial charge in [0.2, 0.25) is 0 Å². The van der Waals surface area contributed by atoms with Crippen molar-refractivity contribution in [2.45, 2.75) is 36.5 Å². The van der Waals surface area contributed by atoms with Crippen LogP contribution in [-0.2, 0) is 45.7 Å². The fourth-order valence-electron chi connectivity index (χ4n) is 3.65. The first-order valence-corrected chi connectivity index (χ1v) is 14.5. The van der Waals surface area contributed by atoms with Crippen LogP contribution in [0.4, 0.5) is 18.9 Å². The summed E-state index contributed by atoms with van der Waals surface area (Å²) in [4.78, 5) is 7.55. The van der Waals surface area contributed by atoms with Gasteiger partial charge in [0.1, 0.15) is 5.82 Å². The van der Waals surface area contributed by atoms with Crippen molar-refractivity contribution in [3.8, 4) is 0 Å². The number of alkyl halides is 2. The van der Waals surface area contributed by atoms with Crippen LogP contribution in [-0.4, -0.2) is 66.2 Å². The van der Waals surface area contributed by atoms with Crippen molar-refractivity contribution in [2.24, 2.45) is 15.9 Å². The van der Waals surface area contributed by atoms with E-state index < -0.39 is 17.4 Å². The average Bonchev–Trinajstić information content (AvgIpc) is 2.91. The maximum Gasteiger partial charge on any atom is 0.287 e. The van der Waals surface area contributed by atoms with Crippen molar-refractivity contribution < 1.29 is 39.1 Å². The Morgan fingerprint density at radius 3 is 2.23 bits per heavy atom. The molecule has 0 aliphatic heterocycles. The number of nitrogens with zero attached hydrogens (tertiary/aromatic N) is 3. The van der Waals surface area contributed by atoms with E-state index in [1.807, 2.05) is 0 Å². The maximum atomic E-state index is 15.0. The standard InChI is InChI=1S/C27H37F3N5S3.H2O.Re/c28-22-6-4-21(5-7-22)25(34-23-8-10-24(38-32)11-9-23)20-26(31)27(29,30)12-2-1-3-15-35(17-19-37)16-13-33-14-18-36;;/h4-11,20,36-37H,1-3,12-19,31-32H2;1H2;/q-1;;/p-2/b26-20-,34-25?;;. The van der Waals surface area contributed by atoms with Crippen LogP contribution in [0.25, 0.3) is 5.32 Å². The second-order valence-electron chi connectivity index (χ2n) is 8.65. The average molecular weight is 787 g/mol. The molecule has 0 amide bonds. The molecule has 0 aliphatic carbocycles. The van der Waals surface area contributed by atoms with Crippen LogP contribution >= 0.6 is 11.9 Å². The summed E-state index contributed by atoms with van der Waals surface area (Å²) < 4.78 is 43.4. The van der Waals surface area contributed by atoms with Crippen LogP contribution in [0.1, 0.15) is 31.2 Å². The molecular formula is C27H37F3N5OReS3-3. The minimum Gasteiger partial charge on any atom is -0.794 e. The molecule has 2 aromatic carbocycles. The minimum absolute atomic E-state index is 0. The van der Waals surface area contributed by atoms with Crippen molar-refractivity contribution in [3.63, 3.8) is 0 Å². The Hall–Kier alpha value is -1.01. The van der Waals surface area contributed by atoms with Gasteiger partial charge in [-0.1, -0.05) is 6.42 Å². The molecule has 0 atom stereocenters. The van der Waals surface area contributed by atoms with E-state index in [1.165, 1.54) is 30.3 Å². The van der Waals surface area contributed by atoms with Gasteiger partial charge < -0.3 is 46.7 Å². The first kappa shape index (κ1) is 39.0. The zero-order valence-electron chi connectivity index (χ0n) is 22.2. The predicted molar refractivity (Wildman–Crippen MR) is 162 cm³/mol. The van der Waals surface area contributed by atoms with E-state index in [4.69, 9.17) is 36.1 Å². The summed E-state index contributed by atoms with van der Waals surface area (Å²) >= 11 is 11.1. The molecule has 13 heteroatoms. The zero-order valence-corrected chi connectivity index (χ0v) is 27.4. The fraction of sp³-hybridized carbons (Fsp3) is 0.444. The molecule has 6 nitrogen and oxygen atoms in total. The molecule has 0 aromatic heterocycles. The molecule has 40 heavy (non-hydrogen) atoms. The number of unbranched alkanes of at least 4 members (excludes halogenated alkanes) is 2. The van der Waals surface area contributed by atoms with Crippen LogP contribution < -0.4 is 10.9 Å². The Morgan fingerprint density at radius 1 is 0.950 bits per heavy atom. The van der Waals surface area contributed by atoms with Gasteiger partial charge in [-0.25, -0.2) is 9.38 Å². The normalized spacial score (nSPS) is 12.3. The summed E-state index contributed by atoms with van der Waals surface area (Å²) in [6, 6.07) is 12.5. The van der Waals surface area contributed by atoms with Gasteiger partial charge in [0.05, 0.1) is 17.1 Å². The van der Waals surface area contributed by atoms with E-state index in [2.05, 4.69) is 15.2 Å². The van der Waals surface area contributed by atoms with Gasteiger partial charge >= 0.3 is 0 Å². The SMILES string of the molecule is NSc1ccc(N=C(/C=C(\N)C(F)(F)CCCCCN(CC[S-])CC[N-]CC[S-])c2ccc(F)cc2)cc1.O.[Re]. The Bertz CT molecular complexity index is 1020. The molecule has 0 unspecified atom stereocenters. The van der Waals surface area contributed by atoms with Gasteiger partial charge in [0.15, 0.2) is 0 Å². The molecule has 0 saturated heterocycles. The molecule has 0 heterocycles. The topological polar surface area (TPSA) is 113 Å². The molecule has 2 rings (SSSR count). The largest absolute Gasteiger partial charge is 0.794 e. The van der Waals surface area contributed by atoms with E-state index in [1.54, 1.807) is 24.3 Å². The first-order valence-electron chi connectivity index (χ1n) is 12.5. The van der Waals surface area contributed by atoms with Crippen molar-refractivity contribution in [1.82, 2.24) is 4.90 Å². The second-order valence-corrected chi connectivity index (χ2v) is 10.2. The number of hydrogen-bond acceptors (Lipinski definition) is 7. The molecule has 0 saturated carbocycles. The van der Waals surface area contributed by atoms with Crippen LogP contribution in [0.2, 0.25) is 0 Å². The third-order valence-electron chi connectivity index (χ3n) is 5.77. The number of halogens is 3. The van der Waals surface area contributed by atoms with Crippen molar-refractivity contribution in [1.29, 1.82) is 0 Å². The first-order chi connectivity index (χ1) is 18.3. The van der Waals surface area contributed by atoms with Crippen LogP contribution in [0.5, 0.6) is 0 Å². The summed E-state index contributed by atoms with van der Waals surface area (Å²) in [6.45, 7) is 3.76. The number of benzene rings is 2. The molecule has 0 fully saturated rings. The van der Waals surface area contributed by atoms with Gasteiger partial charge in [-0.3, -0.25) is 5.14 Å². The molecule has 0 spiro atoms. The fourth-order valence-corrected chi connectivity index (χ4v) is 4.33. The van der Waals surface area contributed by atoms with Crippen LogP contribution in [0.3, 0.4) is 0 Å². The van der Waals surface area contributed by atoms with Crippen LogP contribution in [0.15, 0.2) is 70.2 Å². The maximum absolute atomic E-state index is 15.0. The monoisotopic (exact) mass is 787 g/mol. The summed E-state index contributed by atoms with van der Waals surface area (Å²) in [6.07, 6.45) is 2.56. The number of aliphatic imine (C=N–C) groups is 1. The van der Waals surface area contributed by atoms with Crippen molar-refractivity contribution in [2.75, 3.05) is 44.2 Å². The third-order valence-corrected chi connectivity index (χ3v) is 6.68. The smallest absolute Gasteiger partial charge is 0.287 e. The quantitative estimate of drug-likeness (QED) is 0.0964. The molecule has 6 N–H and O–H groups in total. The second kappa shape index (κ2) is 21.7. The molecule has 2 aromatic rings. The summed E-state index contributed by atoms with van der Waals surface area (Å²) in [5.74, 6) is -2.40. The van der Waals surface area contributed by atoms with E-state index in [-0.39, 0.29) is 38.0 Å². The zero-order chi connectivity index (χ0) is 27.8. The van der Waals surface area contributed by atoms with Gasteiger partial charge in [0.25, 0.3) is 5.92 Å². The Kier molecular flexibility index (Phi) is 21.1.